The molecule has 0 unspecified atom stereocenters. The average molecular weight is 261 g/mol. The summed E-state index contributed by atoms with van der Waals surface area (Å²) in [6, 6.07) is 4.75. The second kappa shape index (κ2) is 5.38. The summed E-state index contributed by atoms with van der Waals surface area (Å²) in [4.78, 5) is 15.4. The molecule has 1 heterocycles. The maximum atomic E-state index is 11.3. The number of benzene rings is 1. The average Bonchev–Trinajstić information content (AvgIpc) is 2.84. The molecule has 0 aliphatic rings. The van der Waals surface area contributed by atoms with E-state index < -0.39 is 5.91 Å². The number of hydrogen-bond acceptors (Lipinski definition) is 5. The maximum Gasteiger partial charge on any atom is 0.252 e. The Morgan fingerprint density at radius 1 is 1.47 bits per heavy atom. The molecule has 1 amide bonds. The lowest BCUT2D eigenvalue weighted by Gasteiger charge is -2.10. The zero-order valence-electron chi connectivity index (χ0n) is 10.5. The molecular formula is C12H15N5O2. The van der Waals surface area contributed by atoms with Gasteiger partial charge in [-0.2, -0.15) is 5.10 Å². The number of ether oxygens (including phenoxy) is 1. The fourth-order valence-corrected chi connectivity index (χ4v) is 1.67. The van der Waals surface area contributed by atoms with E-state index in [0.717, 1.165) is 0 Å². The third-order valence-corrected chi connectivity index (χ3v) is 2.62. The first-order chi connectivity index (χ1) is 9.11. The molecule has 100 valence electrons. The molecule has 0 atom stereocenters. The van der Waals surface area contributed by atoms with Crippen LogP contribution in [-0.2, 0) is 13.2 Å². The van der Waals surface area contributed by atoms with Crippen molar-refractivity contribution in [3.05, 3.63) is 35.9 Å². The van der Waals surface area contributed by atoms with Crippen LogP contribution in [0.25, 0.3) is 0 Å². The van der Waals surface area contributed by atoms with Crippen molar-refractivity contribution >= 4 is 11.6 Å². The van der Waals surface area contributed by atoms with Crippen molar-refractivity contribution in [3.8, 4) is 5.75 Å². The number of nitrogen functional groups attached to an aromatic ring is 1. The monoisotopic (exact) mass is 261 g/mol. The number of rotatable bonds is 5. The quantitative estimate of drug-likeness (QED) is 0.764. The topological polar surface area (TPSA) is 109 Å². The van der Waals surface area contributed by atoms with Crippen molar-refractivity contribution in [1.29, 1.82) is 0 Å². The van der Waals surface area contributed by atoms with E-state index in [0.29, 0.717) is 23.8 Å². The van der Waals surface area contributed by atoms with Crippen LogP contribution < -0.4 is 16.2 Å². The minimum atomic E-state index is -0.584. The van der Waals surface area contributed by atoms with Gasteiger partial charge in [0.15, 0.2) is 5.82 Å². The van der Waals surface area contributed by atoms with Gasteiger partial charge in [0.25, 0.3) is 5.91 Å². The van der Waals surface area contributed by atoms with Crippen LogP contribution in [-0.4, -0.2) is 20.7 Å². The van der Waals surface area contributed by atoms with Crippen molar-refractivity contribution < 1.29 is 9.53 Å². The van der Waals surface area contributed by atoms with Crippen LogP contribution in [0.15, 0.2) is 24.5 Å². The van der Waals surface area contributed by atoms with Gasteiger partial charge >= 0.3 is 0 Å². The van der Waals surface area contributed by atoms with Crippen LogP contribution in [0.4, 0.5) is 5.69 Å². The highest BCUT2D eigenvalue weighted by Gasteiger charge is 2.11. The fraction of sp³-hybridized carbons (Fsp3) is 0.250. The van der Waals surface area contributed by atoms with Gasteiger partial charge in [0.1, 0.15) is 18.7 Å². The van der Waals surface area contributed by atoms with E-state index in [1.807, 2.05) is 6.92 Å². The van der Waals surface area contributed by atoms with E-state index in [1.165, 1.54) is 12.4 Å². The Morgan fingerprint density at radius 3 is 2.95 bits per heavy atom. The van der Waals surface area contributed by atoms with Gasteiger partial charge in [0, 0.05) is 12.2 Å². The summed E-state index contributed by atoms with van der Waals surface area (Å²) in [7, 11) is 0. The Hall–Kier alpha value is -2.57. The predicted octanol–water partition coefficient (Wildman–Crippen LogP) is 0.558. The van der Waals surface area contributed by atoms with Gasteiger partial charge in [-0.25, -0.2) is 9.67 Å². The predicted molar refractivity (Wildman–Crippen MR) is 69.4 cm³/mol. The molecule has 19 heavy (non-hydrogen) atoms. The Kier molecular flexibility index (Phi) is 3.65. The Labute approximate surface area is 110 Å². The van der Waals surface area contributed by atoms with Gasteiger partial charge < -0.3 is 16.2 Å². The van der Waals surface area contributed by atoms with E-state index in [4.69, 9.17) is 16.2 Å². The first-order valence-electron chi connectivity index (χ1n) is 5.80. The lowest BCUT2D eigenvalue weighted by molar-refractivity contribution is 0.0995. The minimum Gasteiger partial charge on any atom is -0.485 e. The summed E-state index contributed by atoms with van der Waals surface area (Å²) in [6.45, 7) is 2.86. The van der Waals surface area contributed by atoms with Crippen molar-refractivity contribution in [1.82, 2.24) is 14.8 Å². The molecule has 1 aromatic heterocycles. The van der Waals surface area contributed by atoms with E-state index in [9.17, 15) is 4.79 Å². The highest BCUT2D eigenvalue weighted by molar-refractivity contribution is 5.96. The van der Waals surface area contributed by atoms with Crippen LogP contribution >= 0.6 is 0 Å². The Bertz CT molecular complexity index is 594. The van der Waals surface area contributed by atoms with Gasteiger partial charge in [-0.1, -0.05) is 0 Å². The van der Waals surface area contributed by atoms with Crippen LogP contribution in [0.2, 0.25) is 0 Å². The molecule has 7 heteroatoms. The smallest absolute Gasteiger partial charge is 0.252 e. The van der Waals surface area contributed by atoms with Crippen LogP contribution in [0.5, 0.6) is 5.75 Å². The molecule has 7 nitrogen and oxygen atoms in total. The molecule has 0 spiro atoms. The number of amides is 1. The zero-order chi connectivity index (χ0) is 13.8. The van der Waals surface area contributed by atoms with Crippen LogP contribution in [0, 0.1) is 0 Å². The minimum absolute atomic E-state index is 0.206. The van der Waals surface area contributed by atoms with Crippen molar-refractivity contribution in [2.24, 2.45) is 5.73 Å². The summed E-state index contributed by atoms with van der Waals surface area (Å²) in [5.74, 6) is 0.473. The molecule has 0 aliphatic carbocycles. The van der Waals surface area contributed by atoms with Gasteiger partial charge in [0.2, 0.25) is 0 Å². The second-order valence-corrected chi connectivity index (χ2v) is 3.90. The number of anilines is 1. The molecule has 2 aromatic rings. The van der Waals surface area contributed by atoms with E-state index in [-0.39, 0.29) is 12.2 Å². The summed E-state index contributed by atoms with van der Waals surface area (Å²) in [6.07, 6.45) is 1.46. The van der Waals surface area contributed by atoms with Gasteiger partial charge in [0.05, 0.1) is 5.56 Å². The summed E-state index contributed by atoms with van der Waals surface area (Å²) >= 11 is 0. The second-order valence-electron chi connectivity index (χ2n) is 3.90. The standard InChI is InChI=1S/C12H15N5O2/c1-2-17-11(15-7-16-17)6-19-10-4-3-8(13)5-9(10)12(14)18/h3-5,7H,2,6,13H2,1H3,(H2,14,18). The molecule has 0 saturated heterocycles. The number of aromatic nitrogens is 3. The fourth-order valence-electron chi connectivity index (χ4n) is 1.67. The summed E-state index contributed by atoms with van der Waals surface area (Å²) < 4.78 is 7.27. The summed E-state index contributed by atoms with van der Waals surface area (Å²) in [5, 5.41) is 4.03. The van der Waals surface area contributed by atoms with Crippen molar-refractivity contribution in [2.45, 2.75) is 20.1 Å². The maximum absolute atomic E-state index is 11.3. The number of carbonyl (C=O) groups is 1. The highest BCUT2D eigenvalue weighted by atomic mass is 16.5. The number of nitrogens with zero attached hydrogens (tertiary/aromatic N) is 3. The van der Waals surface area contributed by atoms with Crippen LogP contribution in [0.3, 0.4) is 0 Å². The molecule has 0 saturated carbocycles. The lowest BCUT2D eigenvalue weighted by atomic mass is 10.1. The number of aryl methyl sites for hydroxylation is 1. The third-order valence-electron chi connectivity index (χ3n) is 2.62. The third kappa shape index (κ3) is 2.82. The molecular weight excluding hydrogens is 246 g/mol. The van der Waals surface area contributed by atoms with E-state index in [2.05, 4.69) is 10.1 Å². The molecule has 4 N–H and O–H groups in total. The zero-order valence-corrected chi connectivity index (χ0v) is 10.5. The van der Waals surface area contributed by atoms with E-state index >= 15 is 0 Å². The lowest BCUT2D eigenvalue weighted by Crippen LogP contribution is -2.14. The Morgan fingerprint density at radius 2 is 2.26 bits per heavy atom. The first-order valence-corrected chi connectivity index (χ1v) is 5.80. The highest BCUT2D eigenvalue weighted by Crippen LogP contribution is 2.21. The number of primary amides is 1. The molecule has 0 bridgehead atoms. The summed E-state index contributed by atoms with van der Waals surface area (Å²) in [5.41, 5.74) is 11.6. The van der Waals surface area contributed by atoms with Gasteiger partial charge in [-0.3, -0.25) is 4.79 Å². The Balaban J connectivity index is 2.18. The number of nitrogens with two attached hydrogens (primary N) is 2. The van der Waals surface area contributed by atoms with Gasteiger partial charge in [-0.15, -0.1) is 0 Å². The van der Waals surface area contributed by atoms with E-state index in [1.54, 1.807) is 16.8 Å². The molecule has 0 radical (unpaired) electrons. The molecule has 0 fully saturated rings. The number of hydrogen-bond donors (Lipinski definition) is 2. The first kappa shape index (κ1) is 12.9. The molecule has 0 aliphatic heterocycles. The van der Waals surface area contributed by atoms with Crippen molar-refractivity contribution in [3.63, 3.8) is 0 Å². The number of carbonyl (C=O) groups excluding carboxylic acids is 1. The molecule has 2 rings (SSSR count). The normalized spacial score (nSPS) is 10.4. The van der Waals surface area contributed by atoms with Gasteiger partial charge in [-0.05, 0) is 25.1 Å². The SMILES string of the molecule is CCn1ncnc1COc1ccc(N)cc1C(N)=O. The largest absolute Gasteiger partial charge is 0.485 e. The molecule has 1 aromatic carbocycles. The van der Waals surface area contributed by atoms with Crippen LogP contribution in [0.1, 0.15) is 23.1 Å². The van der Waals surface area contributed by atoms with Crippen molar-refractivity contribution in [2.75, 3.05) is 5.73 Å².